The van der Waals surface area contributed by atoms with Crippen LogP contribution in [0.5, 0.6) is 0 Å². The number of aromatic carboxylic acids is 1. The lowest BCUT2D eigenvalue weighted by atomic mass is 9.97. The van der Waals surface area contributed by atoms with Gasteiger partial charge in [0.25, 0.3) is 0 Å². The SMILES string of the molecule is Cc1noc(C)c1Cc1c(C(=O)O)n[nH]c1C(C)C. The van der Waals surface area contributed by atoms with Crippen LogP contribution >= 0.6 is 0 Å². The molecule has 2 N–H and O–H groups in total. The number of nitrogens with one attached hydrogen (secondary N) is 1. The number of hydrogen-bond donors (Lipinski definition) is 2. The fourth-order valence-corrected chi connectivity index (χ4v) is 2.14. The van der Waals surface area contributed by atoms with Crippen LogP contribution in [-0.4, -0.2) is 26.4 Å². The van der Waals surface area contributed by atoms with Gasteiger partial charge < -0.3 is 9.63 Å². The van der Waals surface area contributed by atoms with Gasteiger partial charge in [0.05, 0.1) is 5.69 Å². The van der Waals surface area contributed by atoms with Gasteiger partial charge in [-0.25, -0.2) is 4.79 Å². The summed E-state index contributed by atoms with van der Waals surface area (Å²) in [4.78, 5) is 11.2. The Kier molecular flexibility index (Phi) is 3.42. The van der Waals surface area contributed by atoms with E-state index in [2.05, 4.69) is 15.4 Å². The van der Waals surface area contributed by atoms with Gasteiger partial charge in [-0.3, -0.25) is 5.10 Å². The summed E-state index contributed by atoms with van der Waals surface area (Å²) in [7, 11) is 0. The predicted molar refractivity (Wildman–Crippen MR) is 68.4 cm³/mol. The highest BCUT2D eigenvalue weighted by Gasteiger charge is 2.23. The Bertz CT molecular complexity index is 591. The molecule has 2 aromatic heterocycles. The summed E-state index contributed by atoms with van der Waals surface area (Å²) in [6.45, 7) is 7.66. The third-order valence-electron chi connectivity index (χ3n) is 3.21. The van der Waals surface area contributed by atoms with Crippen molar-refractivity contribution in [3.8, 4) is 0 Å². The van der Waals surface area contributed by atoms with Gasteiger partial charge in [-0.1, -0.05) is 19.0 Å². The van der Waals surface area contributed by atoms with E-state index in [1.54, 1.807) is 0 Å². The molecule has 0 radical (unpaired) electrons. The number of nitrogens with zero attached hydrogens (tertiary/aromatic N) is 2. The third kappa shape index (κ3) is 2.38. The molecule has 6 nitrogen and oxygen atoms in total. The van der Waals surface area contributed by atoms with Crippen molar-refractivity contribution in [1.29, 1.82) is 0 Å². The van der Waals surface area contributed by atoms with Gasteiger partial charge in [0.1, 0.15) is 5.76 Å². The topological polar surface area (TPSA) is 92.0 Å². The minimum absolute atomic E-state index is 0.0729. The first kappa shape index (κ1) is 13.3. The van der Waals surface area contributed by atoms with Crippen LogP contribution in [0.1, 0.15) is 58.5 Å². The van der Waals surface area contributed by atoms with Crippen molar-refractivity contribution in [3.63, 3.8) is 0 Å². The summed E-state index contributed by atoms with van der Waals surface area (Å²) >= 11 is 0. The van der Waals surface area contributed by atoms with Crippen molar-refractivity contribution in [3.05, 3.63) is 34.0 Å². The molecule has 0 fully saturated rings. The van der Waals surface area contributed by atoms with Crippen LogP contribution < -0.4 is 0 Å². The van der Waals surface area contributed by atoms with Crippen molar-refractivity contribution in [2.24, 2.45) is 0 Å². The average molecular weight is 263 g/mol. The van der Waals surface area contributed by atoms with Crippen LogP contribution in [-0.2, 0) is 6.42 Å². The molecule has 6 heteroatoms. The summed E-state index contributed by atoms with van der Waals surface area (Å²) in [5.74, 6) is -0.134. The maximum absolute atomic E-state index is 11.2. The summed E-state index contributed by atoms with van der Waals surface area (Å²) in [6, 6.07) is 0. The van der Waals surface area contributed by atoms with Gasteiger partial charge in [0.2, 0.25) is 0 Å². The molecule has 102 valence electrons. The average Bonchev–Trinajstić information content (AvgIpc) is 2.88. The Morgan fingerprint density at radius 1 is 1.37 bits per heavy atom. The number of aryl methyl sites for hydroxylation is 2. The van der Waals surface area contributed by atoms with Crippen molar-refractivity contribution in [2.75, 3.05) is 0 Å². The molecule has 0 aliphatic rings. The molecule has 0 aromatic carbocycles. The molecule has 2 aromatic rings. The second-order valence-electron chi connectivity index (χ2n) is 4.90. The lowest BCUT2D eigenvalue weighted by Crippen LogP contribution is -2.05. The van der Waals surface area contributed by atoms with Gasteiger partial charge >= 0.3 is 5.97 Å². The van der Waals surface area contributed by atoms with E-state index in [4.69, 9.17) is 4.52 Å². The zero-order valence-electron chi connectivity index (χ0n) is 11.4. The van der Waals surface area contributed by atoms with E-state index in [0.29, 0.717) is 17.7 Å². The van der Waals surface area contributed by atoms with Gasteiger partial charge in [-0.05, 0) is 19.8 Å². The molecule has 0 saturated carbocycles. The highest BCUT2D eigenvalue weighted by Crippen LogP contribution is 2.25. The highest BCUT2D eigenvalue weighted by molar-refractivity contribution is 5.87. The molecule has 0 aliphatic carbocycles. The van der Waals surface area contributed by atoms with E-state index in [1.807, 2.05) is 27.7 Å². The van der Waals surface area contributed by atoms with E-state index >= 15 is 0 Å². The molecule has 0 atom stereocenters. The first-order chi connectivity index (χ1) is 8.91. The van der Waals surface area contributed by atoms with Crippen molar-refractivity contribution >= 4 is 5.97 Å². The second-order valence-corrected chi connectivity index (χ2v) is 4.90. The van der Waals surface area contributed by atoms with Gasteiger partial charge in [-0.2, -0.15) is 5.10 Å². The fourth-order valence-electron chi connectivity index (χ4n) is 2.14. The lowest BCUT2D eigenvalue weighted by molar-refractivity contribution is 0.0689. The molecule has 2 rings (SSSR count). The number of aromatic nitrogens is 3. The molecule has 0 unspecified atom stereocenters. The zero-order chi connectivity index (χ0) is 14.2. The first-order valence-electron chi connectivity index (χ1n) is 6.14. The zero-order valence-corrected chi connectivity index (χ0v) is 11.4. The molecule has 19 heavy (non-hydrogen) atoms. The first-order valence-corrected chi connectivity index (χ1v) is 6.14. The monoisotopic (exact) mass is 263 g/mol. The van der Waals surface area contributed by atoms with Crippen LogP contribution in [0.4, 0.5) is 0 Å². The Morgan fingerprint density at radius 2 is 2.05 bits per heavy atom. The number of carboxylic acid groups (broad SMARTS) is 1. The molecule has 0 spiro atoms. The van der Waals surface area contributed by atoms with E-state index < -0.39 is 5.97 Å². The Morgan fingerprint density at radius 3 is 2.53 bits per heavy atom. The lowest BCUT2D eigenvalue weighted by Gasteiger charge is -2.07. The standard InChI is InChI=1S/C13H17N3O3/c1-6(2)11-10(12(13(17)18)15-14-11)5-9-7(3)16-19-8(9)4/h6H,5H2,1-4H3,(H,14,15)(H,17,18). The molecule has 0 saturated heterocycles. The van der Waals surface area contributed by atoms with Crippen molar-refractivity contribution < 1.29 is 14.4 Å². The number of H-pyrrole nitrogens is 1. The summed E-state index contributed by atoms with van der Waals surface area (Å²) in [5.41, 5.74) is 3.33. The fraction of sp³-hybridized carbons (Fsp3) is 0.462. The minimum atomic E-state index is -1.02. The summed E-state index contributed by atoms with van der Waals surface area (Å²) in [6.07, 6.45) is 0.465. The number of aromatic amines is 1. The van der Waals surface area contributed by atoms with E-state index in [0.717, 1.165) is 17.0 Å². The molecular weight excluding hydrogens is 246 g/mol. The molecule has 0 amide bonds. The molecule has 2 heterocycles. The van der Waals surface area contributed by atoms with Crippen molar-refractivity contribution in [2.45, 2.75) is 40.0 Å². The van der Waals surface area contributed by atoms with Crippen LogP contribution in [0.25, 0.3) is 0 Å². The normalized spacial score (nSPS) is 11.2. The summed E-state index contributed by atoms with van der Waals surface area (Å²) < 4.78 is 5.12. The molecule has 0 aliphatic heterocycles. The summed E-state index contributed by atoms with van der Waals surface area (Å²) in [5, 5.41) is 19.8. The van der Waals surface area contributed by atoms with E-state index in [1.165, 1.54) is 0 Å². The number of hydrogen-bond acceptors (Lipinski definition) is 4. The second kappa shape index (κ2) is 4.87. The smallest absolute Gasteiger partial charge is 0.356 e. The quantitative estimate of drug-likeness (QED) is 0.883. The third-order valence-corrected chi connectivity index (χ3v) is 3.21. The highest BCUT2D eigenvalue weighted by atomic mass is 16.5. The maximum atomic E-state index is 11.2. The molecular formula is C13H17N3O3. The number of carboxylic acids is 1. The van der Waals surface area contributed by atoms with Crippen LogP contribution in [0.3, 0.4) is 0 Å². The van der Waals surface area contributed by atoms with E-state index in [9.17, 15) is 9.90 Å². The largest absolute Gasteiger partial charge is 0.476 e. The number of rotatable bonds is 4. The number of carbonyl (C=O) groups is 1. The van der Waals surface area contributed by atoms with Crippen LogP contribution in [0.15, 0.2) is 4.52 Å². The van der Waals surface area contributed by atoms with E-state index in [-0.39, 0.29) is 11.6 Å². The minimum Gasteiger partial charge on any atom is -0.476 e. The maximum Gasteiger partial charge on any atom is 0.356 e. The van der Waals surface area contributed by atoms with Gasteiger partial charge in [0.15, 0.2) is 5.69 Å². The van der Waals surface area contributed by atoms with Crippen molar-refractivity contribution in [1.82, 2.24) is 15.4 Å². The predicted octanol–water partition coefficient (Wildman–Crippen LogP) is 2.43. The Labute approximate surface area is 110 Å². The van der Waals surface area contributed by atoms with Gasteiger partial charge in [-0.15, -0.1) is 0 Å². The Balaban J connectivity index is 2.49. The van der Waals surface area contributed by atoms with Gasteiger partial charge in [0, 0.05) is 23.2 Å². The van der Waals surface area contributed by atoms with Crippen LogP contribution in [0.2, 0.25) is 0 Å². The molecule has 0 bridgehead atoms. The van der Waals surface area contributed by atoms with Crippen LogP contribution in [0, 0.1) is 13.8 Å². The Hall–Kier alpha value is -2.11.